The van der Waals surface area contributed by atoms with Gasteiger partial charge in [0.2, 0.25) is 5.91 Å². The van der Waals surface area contributed by atoms with E-state index in [2.05, 4.69) is 20.5 Å². The third kappa shape index (κ3) is 1.01. The van der Waals surface area contributed by atoms with E-state index >= 15 is 0 Å². The molecule has 3 aliphatic heterocycles. The number of amides is 2. The highest BCUT2D eigenvalue weighted by atomic mass is 16.2. The number of carbonyl (C=O) groups excluding carboxylic acids is 2. The quantitative estimate of drug-likeness (QED) is 0.684. The molecule has 0 radical (unpaired) electrons. The van der Waals surface area contributed by atoms with E-state index in [1.54, 1.807) is 12.4 Å². The summed E-state index contributed by atoms with van der Waals surface area (Å²) in [6.45, 7) is 0.593. The topological polar surface area (TPSA) is 74.3 Å². The van der Waals surface area contributed by atoms with Gasteiger partial charge in [-0.05, 0) is 18.9 Å². The Morgan fingerprint density at radius 3 is 3.00 bits per heavy atom. The summed E-state index contributed by atoms with van der Waals surface area (Å²) in [6.07, 6.45) is 4.73. The van der Waals surface area contributed by atoms with Gasteiger partial charge in [0.15, 0.2) is 0 Å². The molecule has 1 aliphatic carbocycles. The average molecular weight is 244 g/mol. The van der Waals surface area contributed by atoms with Crippen LogP contribution < -0.4 is 15.5 Å². The van der Waals surface area contributed by atoms with Crippen LogP contribution in [0, 0.1) is 5.92 Å². The van der Waals surface area contributed by atoms with Gasteiger partial charge < -0.3 is 10.2 Å². The molecule has 0 atom stereocenters. The van der Waals surface area contributed by atoms with E-state index in [1.807, 2.05) is 6.07 Å². The third-order valence-corrected chi connectivity index (χ3v) is 4.23. The summed E-state index contributed by atoms with van der Waals surface area (Å²) >= 11 is 0. The number of hydrogen-bond donors (Lipinski definition) is 2. The molecule has 2 amide bonds. The highest BCUT2D eigenvalue weighted by Crippen LogP contribution is 2.50. The fourth-order valence-electron chi connectivity index (χ4n) is 3.19. The number of anilines is 2. The van der Waals surface area contributed by atoms with Crippen LogP contribution in [-0.2, 0) is 9.59 Å². The number of imide groups is 1. The zero-order chi connectivity index (χ0) is 12.3. The van der Waals surface area contributed by atoms with Gasteiger partial charge in [-0.25, -0.2) is 0 Å². The Morgan fingerprint density at radius 2 is 2.22 bits per heavy atom. The summed E-state index contributed by atoms with van der Waals surface area (Å²) in [5.41, 5.74) is 1.39. The number of nitrogens with one attached hydrogen (secondary N) is 2. The predicted molar refractivity (Wildman–Crippen MR) is 63.8 cm³/mol. The van der Waals surface area contributed by atoms with E-state index in [9.17, 15) is 9.59 Å². The maximum atomic E-state index is 12.1. The van der Waals surface area contributed by atoms with Crippen LogP contribution in [0.25, 0.3) is 0 Å². The number of fused-ring (bicyclic) bond motifs is 3. The Morgan fingerprint density at radius 1 is 1.39 bits per heavy atom. The standard InChI is InChI=1S/C12H12N4O2/c17-10-7-3-12(4-7,11(18)15-10)16-6-14-8-5-13-2-1-9(8)16/h1-2,5,7,14H,3-4,6H2,(H,15,17,18). The summed E-state index contributed by atoms with van der Waals surface area (Å²) in [6, 6.07) is 1.90. The molecule has 92 valence electrons. The molecular formula is C12H12N4O2. The van der Waals surface area contributed by atoms with Crippen molar-refractivity contribution in [2.45, 2.75) is 18.4 Å². The van der Waals surface area contributed by atoms with E-state index in [1.165, 1.54) is 0 Å². The van der Waals surface area contributed by atoms with Crippen LogP contribution >= 0.6 is 0 Å². The Bertz CT molecular complexity index is 565. The molecule has 2 saturated heterocycles. The van der Waals surface area contributed by atoms with Crippen LogP contribution in [0.4, 0.5) is 11.4 Å². The molecule has 0 spiro atoms. The molecule has 2 N–H and O–H groups in total. The van der Waals surface area contributed by atoms with Gasteiger partial charge >= 0.3 is 0 Å². The SMILES string of the molecule is O=C1NC(=O)C2(N3CNc4cnccc43)CC1C2. The van der Waals surface area contributed by atoms with Gasteiger partial charge in [0, 0.05) is 12.1 Å². The lowest BCUT2D eigenvalue weighted by Crippen LogP contribution is -2.73. The second-order valence-electron chi connectivity index (χ2n) is 5.11. The van der Waals surface area contributed by atoms with E-state index in [0.717, 1.165) is 11.4 Å². The minimum absolute atomic E-state index is 0.00594. The van der Waals surface area contributed by atoms with Gasteiger partial charge in [0.25, 0.3) is 5.91 Å². The number of pyridine rings is 1. The van der Waals surface area contributed by atoms with E-state index in [0.29, 0.717) is 19.5 Å². The lowest BCUT2D eigenvalue weighted by atomic mass is 9.63. The van der Waals surface area contributed by atoms with Crippen molar-refractivity contribution in [3.63, 3.8) is 0 Å². The highest BCUT2D eigenvalue weighted by Gasteiger charge is 2.61. The predicted octanol–water partition coefficient (Wildman–Crippen LogP) is 0.0762. The maximum absolute atomic E-state index is 12.1. The van der Waals surface area contributed by atoms with Gasteiger partial charge in [-0.15, -0.1) is 0 Å². The van der Waals surface area contributed by atoms with Crippen molar-refractivity contribution < 1.29 is 9.59 Å². The summed E-state index contributed by atoms with van der Waals surface area (Å²) in [7, 11) is 0. The van der Waals surface area contributed by atoms with E-state index in [4.69, 9.17) is 0 Å². The fraction of sp³-hybridized carbons (Fsp3) is 0.417. The van der Waals surface area contributed by atoms with Crippen LogP contribution in [0.2, 0.25) is 0 Å². The lowest BCUT2D eigenvalue weighted by molar-refractivity contribution is -0.150. The molecule has 6 heteroatoms. The van der Waals surface area contributed by atoms with Crippen LogP contribution in [0.15, 0.2) is 18.5 Å². The van der Waals surface area contributed by atoms with Crippen LogP contribution in [0.1, 0.15) is 12.8 Å². The molecule has 2 bridgehead atoms. The number of piperidine rings is 2. The van der Waals surface area contributed by atoms with Crippen molar-refractivity contribution in [1.29, 1.82) is 0 Å². The zero-order valence-corrected chi connectivity index (χ0v) is 9.64. The molecule has 5 rings (SSSR count). The van der Waals surface area contributed by atoms with Crippen molar-refractivity contribution in [3.8, 4) is 0 Å². The minimum atomic E-state index is -0.543. The monoisotopic (exact) mass is 244 g/mol. The summed E-state index contributed by atoms with van der Waals surface area (Å²) in [5.74, 6) is -0.293. The van der Waals surface area contributed by atoms with Crippen molar-refractivity contribution in [2.75, 3.05) is 16.9 Å². The van der Waals surface area contributed by atoms with Gasteiger partial charge in [-0.2, -0.15) is 0 Å². The molecule has 3 fully saturated rings. The van der Waals surface area contributed by atoms with Crippen molar-refractivity contribution >= 4 is 23.2 Å². The normalized spacial score (nSPS) is 32.4. The van der Waals surface area contributed by atoms with Gasteiger partial charge in [0.05, 0.1) is 24.2 Å². The van der Waals surface area contributed by atoms with Crippen LogP contribution in [-0.4, -0.2) is 29.0 Å². The van der Waals surface area contributed by atoms with Crippen LogP contribution in [0.5, 0.6) is 0 Å². The Kier molecular flexibility index (Phi) is 1.65. The molecule has 0 aromatic carbocycles. The van der Waals surface area contributed by atoms with Crippen molar-refractivity contribution in [3.05, 3.63) is 18.5 Å². The van der Waals surface area contributed by atoms with Gasteiger partial charge in [-0.1, -0.05) is 0 Å². The Hall–Kier alpha value is -2.11. The molecule has 4 aliphatic rings. The van der Waals surface area contributed by atoms with E-state index < -0.39 is 5.54 Å². The number of aromatic nitrogens is 1. The van der Waals surface area contributed by atoms with Crippen molar-refractivity contribution in [1.82, 2.24) is 10.3 Å². The number of carbonyl (C=O) groups is 2. The first-order chi connectivity index (χ1) is 8.71. The maximum Gasteiger partial charge on any atom is 0.252 e. The second-order valence-corrected chi connectivity index (χ2v) is 5.11. The molecule has 4 heterocycles. The minimum Gasteiger partial charge on any atom is -0.365 e. The average Bonchev–Trinajstić information content (AvgIpc) is 2.71. The fourth-order valence-corrected chi connectivity index (χ4v) is 3.19. The summed E-state index contributed by atoms with van der Waals surface area (Å²) in [4.78, 5) is 29.7. The second kappa shape index (κ2) is 3.01. The number of hydrogen-bond acceptors (Lipinski definition) is 5. The highest BCUT2D eigenvalue weighted by molar-refractivity contribution is 6.09. The first-order valence-electron chi connectivity index (χ1n) is 6.01. The molecule has 6 nitrogen and oxygen atoms in total. The zero-order valence-electron chi connectivity index (χ0n) is 9.64. The molecule has 0 unspecified atom stereocenters. The van der Waals surface area contributed by atoms with Crippen LogP contribution in [0.3, 0.4) is 0 Å². The smallest absolute Gasteiger partial charge is 0.252 e. The molecular weight excluding hydrogens is 232 g/mol. The third-order valence-electron chi connectivity index (χ3n) is 4.23. The Balaban J connectivity index is 1.74. The van der Waals surface area contributed by atoms with Gasteiger partial charge in [-0.3, -0.25) is 19.9 Å². The summed E-state index contributed by atoms with van der Waals surface area (Å²) in [5, 5.41) is 5.69. The van der Waals surface area contributed by atoms with Gasteiger partial charge in [0.1, 0.15) is 5.54 Å². The molecule has 1 aromatic rings. The number of rotatable bonds is 1. The summed E-state index contributed by atoms with van der Waals surface area (Å²) < 4.78 is 0. The molecule has 18 heavy (non-hydrogen) atoms. The largest absolute Gasteiger partial charge is 0.365 e. The molecule has 1 saturated carbocycles. The van der Waals surface area contributed by atoms with Crippen molar-refractivity contribution in [2.24, 2.45) is 5.92 Å². The first-order valence-corrected chi connectivity index (χ1v) is 6.01. The van der Waals surface area contributed by atoms with E-state index in [-0.39, 0.29) is 17.7 Å². The Labute approximate surface area is 103 Å². The lowest BCUT2D eigenvalue weighted by Gasteiger charge is -2.54. The number of nitrogens with zero attached hydrogens (tertiary/aromatic N) is 2. The molecule has 1 aromatic heterocycles. The first kappa shape index (κ1) is 9.87.